The Bertz CT molecular complexity index is 768. The molecule has 0 saturated heterocycles. The average molecular weight is 399 g/mol. The number of hydrazone groups is 1. The van der Waals surface area contributed by atoms with E-state index >= 15 is 0 Å². The van der Waals surface area contributed by atoms with Crippen LogP contribution in [0.2, 0.25) is 0 Å². The number of hydrogen-bond acceptors (Lipinski definition) is 6. The molecule has 0 saturated carbocycles. The van der Waals surface area contributed by atoms with Crippen LogP contribution in [0.1, 0.15) is 12.8 Å². The Balaban J connectivity index is 1.71. The van der Waals surface area contributed by atoms with Gasteiger partial charge in [-0.25, -0.2) is 9.99 Å². The van der Waals surface area contributed by atoms with Crippen LogP contribution in [-0.2, 0) is 9.59 Å². The molecule has 1 N–H and O–H groups in total. The highest BCUT2D eigenvalue weighted by atomic mass is 79.9. The molecular weight excluding hydrogens is 388 g/mol. The van der Waals surface area contributed by atoms with Crippen molar-refractivity contribution < 1.29 is 9.59 Å². The SMILES string of the molecule is CN1N=C(C(=O)Nc2nc(-c3ccc(Br)s3)cs2)CCC1=O. The largest absolute Gasteiger partial charge is 0.297 e. The second-order valence-electron chi connectivity index (χ2n) is 4.56. The molecule has 0 spiro atoms. The maximum Gasteiger partial charge on any atom is 0.273 e. The Morgan fingerprint density at radius 3 is 2.91 bits per heavy atom. The zero-order valence-corrected chi connectivity index (χ0v) is 14.7. The van der Waals surface area contributed by atoms with Gasteiger partial charge in [0, 0.05) is 25.3 Å². The summed E-state index contributed by atoms with van der Waals surface area (Å²) < 4.78 is 1.03. The maximum absolute atomic E-state index is 12.2. The monoisotopic (exact) mass is 398 g/mol. The lowest BCUT2D eigenvalue weighted by molar-refractivity contribution is -0.130. The van der Waals surface area contributed by atoms with Gasteiger partial charge >= 0.3 is 0 Å². The van der Waals surface area contributed by atoms with Gasteiger partial charge in [0.1, 0.15) is 5.71 Å². The summed E-state index contributed by atoms with van der Waals surface area (Å²) in [4.78, 5) is 28.9. The molecule has 1 aliphatic heterocycles. The smallest absolute Gasteiger partial charge is 0.273 e. The van der Waals surface area contributed by atoms with Crippen LogP contribution in [-0.4, -0.2) is 34.6 Å². The highest BCUT2D eigenvalue weighted by Crippen LogP contribution is 2.33. The normalized spacial score (nSPS) is 14.9. The number of aromatic nitrogens is 1. The zero-order valence-electron chi connectivity index (χ0n) is 11.5. The fourth-order valence-electron chi connectivity index (χ4n) is 1.90. The molecule has 22 heavy (non-hydrogen) atoms. The molecule has 6 nitrogen and oxygen atoms in total. The lowest BCUT2D eigenvalue weighted by Gasteiger charge is -2.18. The molecule has 3 heterocycles. The van der Waals surface area contributed by atoms with Crippen molar-refractivity contribution in [2.24, 2.45) is 5.10 Å². The van der Waals surface area contributed by atoms with Crippen molar-refractivity contribution in [2.45, 2.75) is 12.8 Å². The highest BCUT2D eigenvalue weighted by molar-refractivity contribution is 9.11. The van der Waals surface area contributed by atoms with Gasteiger partial charge in [0.25, 0.3) is 5.91 Å². The first-order valence-corrected chi connectivity index (χ1v) is 8.88. The first kappa shape index (κ1) is 15.3. The Kier molecular flexibility index (Phi) is 4.37. The van der Waals surface area contributed by atoms with Crippen molar-refractivity contribution in [2.75, 3.05) is 12.4 Å². The lowest BCUT2D eigenvalue weighted by atomic mass is 10.1. The summed E-state index contributed by atoms with van der Waals surface area (Å²) in [6, 6.07) is 3.93. The van der Waals surface area contributed by atoms with Gasteiger partial charge in [0.05, 0.1) is 14.4 Å². The van der Waals surface area contributed by atoms with E-state index in [-0.39, 0.29) is 11.8 Å². The number of thiophene rings is 1. The molecule has 2 aromatic rings. The van der Waals surface area contributed by atoms with Crippen molar-refractivity contribution in [3.05, 3.63) is 21.3 Å². The van der Waals surface area contributed by atoms with E-state index in [0.29, 0.717) is 23.7 Å². The van der Waals surface area contributed by atoms with E-state index in [2.05, 4.69) is 31.3 Å². The molecule has 0 aromatic carbocycles. The third kappa shape index (κ3) is 3.26. The maximum atomic E-state index is 12.2. The third-order valence-corrected chi connectivity index (χ3v) is 5.42. The predicted octanol–water partition coefficient (Wildman–Crippen LogP) is 3.18. The Morgan fingerprint density at radius 2 is 2.23 bits per heavy atom. The molecule has 3 rings (SSSR count). The summed E-state index contributed by atoms with van der Waals surface area (Å²) in [5.41, 5.74) is 1.17. The van der Waals surface area contributed by atoms with E-state index < -0.39 is 0 Å². The summed E-state index contributed by atoms with van der Waals surface area (Å²) >= 11 is 6.36. The van der Waals surface area contributed by atoms with Crippen LogP contribution in [0.5, 0.6) is 0 Å². The average Bonchev–Trinajstić information content (AvgIpc) is 3.10. The van der Waals surface area contributed by atoms with E-state index in [1.807, 2.05) is 17.5 Å². The van der Waals surface area contributed by atoms with E-state index in [1.54, 1.807) is 18.4 Å². The number of thiazole rings is 1. The molecule has 0 bridgehead atoms. The molecule has 2 amide bonds. The summed E-state index contributed by atoms with van der Waals surface area (Å²) in [6.45, 7) is 0. The fourth-order valence-corrected chi connectivity index (χ4v) is 4.03. The molecule has 0 atom stereocenters. The first-order valence-electron chi connectivity index (χ1n) is 6.39. The Morgan fingerprint density at radius 1 is 1.41 bits per heavy atom. The summed E-state index contributed by atoms with van der Waals surface area (Å²) in [5, 5.41) is 10.3. The standard InChI is InChI=1S/C13H11BrN4O2S2/c1-18-11(19)5-2-7(17-18)12(20)16-13-15-8(6-21-13)9-3-4-10(14)22-9/h3-4,6H,2,5H2,1H3,(H,15,16,20). The zero-order chi connectivity index (χ0) is 15.7. The van der Waals surface area contributed by atoms with Crippen LogP contribution in [0.25, 0.3) is 10.6 Å². The number of carbonyl (C=O) groups excluding carboxylic acids is 2. The summed E-state index contributed by atoms with van der Waals surface area (Å²) in [5.74, 6) is -0.399. The molecule has 0 unspecified atom stereocenters. The van der Waals surface area contributed by atoms with E-state index in [4.69, 9.17) is 0 Å². The minimum Gasteiger partial charge on any atom is -0.297 e. The van der Waals surface area contributed by atoms with Crippen LogP contribution in [0.15, 0.2) is 26.4 Å². The fraction of sp³-hybridized carbons (Fsp3) is 0.231. The number of hydrogen-bond donors (Lipinski definition) is 1. The number of halogens is 1. The lowest BCUT2D eigenvalue weighted by Crippen LogP contribution is -2.34. The Hall–Kier alpha value is -1.58. The summed E-state index contributed by atoms with van der Waals surface area (Å²) in [6.07, 6.45) is 0.653. The van der Waals surface area contributed by atoms with Gasteiger partial charge in [-0.2, -0.15) is 5.10 Å². The van der Waals surface area contributed by atoms with Crippen molar-refractivity contribution in [3.8, 4) is 10.6 Å². The number of amides is 2. The molecule has 1 aliphatic rings. The van der Waals surface area contributed by atoms with Gasteiger partial charge in [-0.15, -0.1) is 22.7 Å². The van der Waals surface area contributed by atoms with Crippen molar-refractivity contribution in [3.63, 3.8) is 0 Å². The molecule has 0 aliphatic carbocycles. The number of carbonyl (C=O) groups is 2. The Labute approximate surface area is 143 Å². The summed E-state index contributed by atoms with van der Waals surface area (Å²) in [7, 11) is 1.55. The highest BCUT2D eigenvalue weighted by Gasteiger charge is 2.22. The third-order valence-electron chi connectivity index (χ3n) is 3.02. The van der Waals surface area contributed by atoms with Crippen LogP contribution < -0.4 is 5.32 Å². The van der Waals surface area contributed by atoms with Gasteiger partial charge in [0.15, 0.2) is 5.13 Å². The molecule has 9 heteroatoms. The second-order valence-corrected chi connectivity index (χ2v) is 7.88. The van der Waals surface area contributed by atoms with E-state index in [9.17, 15) is 9.59 Å². The topological polar surface area (TPSA) is 74.7 Å². The molecule has 2 aromatic heterocycles. The van der Waals surface area contributed by atoms with Crippen molar-refractivity contribution >= 4 is 61.3 Å². The number of nitrogens with one attached hydrogen (secondary N) is 1. The molecule has 0 radical (unpaired) electrons. The predicted molar refractivity (Wildman–Crippen MR) is 91.2 cm³/mol. The van der Waals surface area contributed by atoms with Gasteiger partial charge < -0.3 is 0 Å². The van der Waals surface area contributed by atoms with Crippen LogP contribution in [0, 0.1) is 0 Å². The minimum atomic E-state index is -0.312. The number of rotatable bonds is 3. The van der Waals surface area contributed by atoms with Crippen LogP contribution in [0.4, 0.5) is 5.13 Å². The van der Waals surface area contributed by atoms with Gasteiger partial charge in [-0.3, -0.25) is 14.9 Å². The van der Waals surface area contributed by atoms with Gasteiger partial charge in [-0.05, 0) is 28.1 Å². The number of anilines is 1. The minimum absolute atomic E-state index is 0.0867. The quantitative estimate of drug-likeness (QED) is 0.862. The van der Waals surface area contributed by atoms with Gasteiger partial charge in [-0.1, -0.05) is 0 Å². The molecule has 114 valence electrons. The molecular formula is C13H11BrN4O2S2. The van der Waals surface area contributed by atoms with E-state index in [1.165, 1.54) is 16.3 Å². The second kappa shape index (κ2) is 6.27. The van der Waals surface area contributed by atoms with Crippen LogP contribution in [0.3, 0.4) is 0 Å². The van der Waals surface area contributed by atoms with Crippen molar-refractivity contribution in [1.82, 2.24) is 9.99 Å². The van der Waals surface area contributed by atoms with Crippen LogP contribution >= 0.6 is 38.6 Å². The number of nitrogens with zero attached hydrogens (tertiary/aromatic N) is 3. The van der Waals surface area contributed by atoms with E-state index in [0.717, 1.165) is 14.4 Å². The van der Waals surface area contributed by atoms with Crippen molar-refractivity contribution in [1.29, 1.82) is 0 Å². The first-order chi connectivity index (χ1) is 10.5. The van der Waals surface area contributed by atoms with Gasteiger partial charge in [0.2, 0.25) is 5.91 Å². The molecule has 0 fully saturated rings.